The molecule has 220 valence electrons. The van der Waals surface area contributed by atoms with Crippen molar-refractivity contribution >= 4 is 33.0 Å². The van der Waals surface area contributed by atoms with E-state index in [1.807, 2.05) is 31.2 Å². The topological polar surface area (TPSA) is 74.9 Å². The van der Waals surface area contributed by atoms with Gasteiger partial charge in [-0.15, -0.1) is 0 Å². The summed E-state index contributed by atoms with van der Waals surface area (Å²) >= 11 is 3.51. The molecular weight excluding hydrogens is 613 g/mol. The van der Waals surface area contributed by atoms with E-state index in [1.54, 1.807) is 49.6 Å². The lowest BCUT2D eigenvalue weighted by atomic mass is 9.96. The Balaban J connectivity index is 1.68. The van der Waals surface area contributed by atoms with Gasteiger partial charge in [-0.1, -0.05) is 60.1 Å². The van der Waals surface area contributed by atoms with Crippen molar-refractivity contribution in [1.29, 1.82) is 0 Å². The third kappa shape index (κ3) is 6.17. The Bertz CT molecular complexity index is 1900. The fourth-order valence-electron chi connectivity index (χ4n) is 4.85. The molecule has 9 heteroatoms. The van der Waals surface area contributed by atoms with Crippen molar-refractivity contribution in [1.82, 2.24) is 9.66 Å². The van der Waals surface area contributed by atoms with Crippen LogP contribution in [0.1, 0.15) is 42.0 Å². The van der Waals surface area contributed by atoms with Crippen LogP contribution in [0.25, 0.3) is 22.3 Å². The summed E-state index contributed by atoms with van der Waals surface area (Å²) in [6, 6.07) is 21.1. The van der Waals surface area contributed by atoms with Gasteiger partial charge in [0.25, 0.3) is 5.56 Å². The van der Waals surface area contributed by atoms with Gasteiger partial charge in [0.05, 0.1) is 31.3 Å². The summed E-state index contributed by atoms with van der Waals surface area (Å²) in [5, 5.41) is 5.10. The first-order valence-electron chi connectivity index (χ1n) is 13.7. The molecule has 0 radical (unpaired) electrons. The Morgan fingerprint density at radius 2 is 1.72 bits per heavy atom. The Hall–Kier alpha value is -4.50. The standard InChI is InChI=1S/C34H31BrFN3O4/c1-20(2)26-17-27(21(3)14-30(26)41-4)33-38-29-13-9-7-11-25(29)34(40)39(33)37-18-23-15-24(35)16-31(42-5)32(23)43-19-22-10-6-8-12-28(22)36/h6-18,20H,19H2,1-5H3. The van der Waals surface area contributed by atoms with E-state index in [-0.39, 0.29) is 23.9 Å². The largest absolute Gasteiger partial charge is 0.496 e. The number of fused-ring (bicyclic) bond motifs is 1. The first-order chi connectivity index (χ1) is 20.7. The van der Waals surface area contributed by atoms with Crippen LogP contribution in [0.15, 0.2) is 87.2 Å². The maximum Gasteiger partial charge on any atom is 0.282 e. The number of hydrogen-bond donors (Lipinski definition) is 0. The summed E-state index contributed by atoms with van der Waals surface area (Å²) in [7, 11) is 3.17. The molecule has 1 aromatic heterocycles. The Morgan fingerprint density at radius 1 is 1.00 bits per heavy atom. The summed E-state index contributed by atoms with van der Waals surface area (Å²) in [5.74, 6) is 1.72. The molecule has 0 atom stereocenters. The number of aromatic nitrogens is 2. The zero-order valence-corrected chi connectivity index (χ0v) is 26.1. The quantitative estimate of drug-likeness (QED) is 0.153. The van der Waals surface area contributed by atoms with Crippen LogP contribution < -0.4 is 19.8 Å². The van der Waals surface area contributed by atoms with Crippen molar-refractivity contribution in [2.24, 2.45) is 5.10 Å². The Morgan fingerprint density at radius 3 is 2.44 bits per heavy atom. The molecule has 0 N–H and O–H groups in total. The van der Waals surface area contributed by atoms with Gasteiger partial charge in [0.1, 0.15) is 18.2 Å². The van der Waals surface area contributed by atoms with Crippen molar-refractivity contribution in [3.63, 3.8) is 0 Å². The molecule has 5 rings (SSSR count). The molecule has 5 aromatic rings. The molecule has 7 nitrogen and oxygen atoms in total. The van der Waals surface area contributed by atoms with Gasteiger partial charge in [-0.25, -0.2) is 9.37 Å². The van der Waals surface area contributed by atoms with Gasteiger partial charge < -0.3 is 14.2 Å². The molecule has 1 heterocycles. The summed E-state index contributed by atoms with van der Waals surface area (Å²) in [5.41, 5.74) is 3.77. The fraction of sp³-hybridized carbons (Fsp3) is 0.206. The summed E-state index contributed by atoms with van der Waals surface area (Å²) in [6.45, 7) is 6.08. The van der Waals surface area contributed by atoms with Crippen LogP contribution in [0.3, 0.4) is 0 Å². The van der Waals surface area contributed by atoms with Crippen LogP contribution in [0, 0.1) is 12.7 Å². The molecule has 0 aliphatic heterocycles. The first kappa shape index (κ1) is 30.0. The van der Waals surface area contributed by atoms with Crippen LogP contribution in [-0.4, -0.2) is 30.1 Å². The number of ether oxygens (including phenoxy) is 3. The molecule has 0 spiro atoms. The highest BCUT2D eigenvalue weighted by atomic mass is 79.9. The van der Waals surface area contributed by atoms with Gasteiger partial charge >= 0.3 is 0 Å². The predicted octanol–water partition coefficient (Wildman–Crippen LogP) is 7.88. The highest BCUT2D eigenvalue weighted by Gasteiger charge is 2.19. The number of methoxy groups -OCH3 is 2. The van der Waals surface area contributed by atoms with Gasteiger partial charge in [0, 0.05) is 21.2 Å². The smallest absolute Gasteiger partial charge is 0.282 e. The van der Waals surface area contributed by atoms with Crippen LogP contribution in [0.2, 0.25) is 0 Å². The lowest BCUT2D eigenvalue weighted by Crippen LogP contribution is -2.21. The fourth-order valence-corrected chi connectivity index (χ4v) is 5.30. The zero-order chi connectivity index (χ0) is 30.7. The van der Waals surface area contributed by atoms with Crippen molar-refractivity contribution < 1.29 is 18.6 Å². The molecular formula is C34H31BrFN3O4. The first-order valence-corrected chi connectivity index (χ1v) is 14.5. The van der Waals surface area contributed by atoms with E-state index in [4.69, 9.17) is 19.2 Å². The van der Waals surface area contributed by atoms with Crippen molar-refractivity contribution in [2.45, 2.75) is 33.3 Å². The van der Waals surface area contributed by atoms with Gasteiger partial charge in [0.2, 0.25) is 0 Å². The Kier molecular flexibility index (Phi) is 8.92. The second-order valence-corrected chi connectivity index (χ2v) is 11.2. The molecule has 0 saturated heterocycles. The molecule has 0 fully saturated rings. The average Bonchev–Trinajstić information content (AvgIpc) is 3.00. The molecule has 0 amide bonds. The summed E-state index contributed by atoms with van der Waals surface area (Å²) in [6.07, 6.45) is 1.52. The van der Waals surface area contributed by atoms with Crippen molar-refractivity contribution in [3.05, 3.63) is 116 Å². The number of benzene rings is 4. The van der Waals surface area contributed by atoms with E-state index in [0.29, 0.717) is 43.8 Å². The average molecular weight is 645 g/mol. The van der Waals surface area contributed by atoms with Gasteiger partial charge in [-0.05, 0) is 66.4 Å². The third-order valence-corrected chi connectivity index (χ3v) is 7.56. The minimum atomic E-state index is -0.372. The van der Waals surface area contributed by atoms with E-state index in [1.165, 1.54) is 24.1 Å². The number of para-hydroxylation sites is 1. The van der Waals surface area contributed by atoms with E-state index >= 15 is 0 Å². The lowest BCUT2D eigenvalue weighted by molar-refractivity contribution is 0.279. The molecule has 0 aliphatic carbocycles. The van der Waals surface area contributed by atoms with E-state index < -0.39 is 0 Å². The molecule has 0 saturated carbocycles. The number of rotatable bonds is 9. The van der Waals surface area contributed by atoms with Gasteiger partial charge in [-0.3, -0.25) is 4.79 Å². The van der Waals surface area contributed by atoms with Crippen LogP contribution >= 0.6 is 15.9 Å². The molecule has 0 unspecified atom stereocenters. The van der Waals surface area contributed by atoms with Crippen LogP contribution in [-0.2, 0) is 6.61 Å². The minimum absolute atomic E-state index is 0.0305. The molecule has 43 heavy (non-hydrogen) atoms. The molecule has 0 bridgehead atoms. The number of aryl methyl sites for hydroxylation is 1. The molecule has 0 aliphatic rings. The van der Waals surface area contributed by atoms with Crippen LogP contribution in [0.5, 0.6) is 17.2 Å². The third-order valence-electron chi connectivity index (χ3n) is 7.10. The second-order valence-electron chi connectivity index (χ2n) is 10.3. The summed E-state index contributed by atoms with van der Waals surface area (Å²) < 4.78 is 33.7. The minimum Gasteiger partial charge on any atom is -0.496 e. The number of halogens is 2. The normalized spacial score (nSPS) is 11.4. The highest BCUT2D eigenvalue weighted by molar-refractivity contribution is 9.10. The Labute approximate surface area is 257 Å². The van der Waals surface area contributed by atoms with E-state index in [2.05, 4.69) is 34.9 Å². The second kappa shape index (κ2) is 12.8. The van der Waals surface area contributed by atoms with Crippen LogP contribution in [0.4, 0.5) is 4.39 Å². The van der Waals surface area contributed by atoms with Crippen molar-refractivity contribution in [2.75, 3.05) is 14.2 Å². The predicted molar refractivity (Wildman–Crippen MR) is 171 cm³/mol. The van der Waals surface area contributed by atoms with E-state index in [0.717, 1.165) is 22.4 Å². The lowest BCUT2D eigenvalue weighted by Gasteiger charge is -2.17. The van der Waals surface area contributed by atoms with Gasteiger partial charge in [0.15, 0.2) is 17.3 Å². The monoisotopic (exact) mass is 643 g/mol. The van der Waals surface area contributed by atoms with Crippen molar-refractivity contribution in [3.8, 4) is 28.6 Å². The number of nitrogens with zero attached hydrogens (tertiary/aromatic N) is 3. The SMILES string of the molecule is COc1cc(C)c(-c2nc3ccccc3c(=O)n2N=Cc2cc(Br)cc(OC)c2OCc2ccccc2F)cc1C(C)C. The maximum atomic E-state index is 14.3. The summed E-state index contributed by atoms with van der Waals surface area (Å²) in [4.78, 5) is 18.8. The number of hydrogen-bond acceptors (Lipinski definition) is 6. The highest BCUT2D eigenvalue weighted by Crippen LogP contribution is 2.36. The van der Waals surface area contributed by atoms with E-state index in [9.17, 15) is 9.18 Å². The maximum absolute atomic E-state index is 14.3. The zero-order valence-electron chi connectivity index (χ0n) is 24.5. The van der Waals surface area contributed by atoms with Gasteiger partial charge in [-0.2, -0.15) is 9.78 Å². The molecule has 4 aromatic carbocycles.